The van der Waals surface area contributed by atoms with Crippen molar-refractivity contribution in [3.63, 3.8) is 0 Å². The van der Waals surface area contributed by atoms with E-state index < -0.39 is 0 Å². The maximum absolute atomic E-state index is 12.5. The number of epoxide rings is 1. The number of hydrogen-bond acceptors (Lipinski definition) is 3. The van der Waals surface area contributed by atoms with E-state index in [0.717, 1.165) is 0 Å². The molecule has 3 heteroatoms. The SMILES string of the molecule is CC12CC3C(=O)c4ccccc4C(=O)C3CC1O2. The molecule has 0 N–H and O–H groups in total. The number of fused-ring (bicyclic) bond motifs is 3. The minimum atomic E-state index is -0.170. The molecule has 3 aliphatic rings. The summed E-state index contributed by atoms with van der Waals surface area (Å²) in [6.45, 7) is 2.05. The quantitative estimate of drug-likeness (QED) is 0.655. The molecule has 0 spiro atoms. The van der Waals surface area contributed by atoms with Crippen LogP contribution in [0.4, 0.5) is 0 Å². The van der Waals surface area contributed by atoms with Gasteiger partial charge in [0.05, 0.1) is 11.7 Å². The minimum absolute atomic E-state index is 0.130. The Bertz CT molecular complexity index is 577. The van der Waals surface area contributed by atoms with Crippen LogP contribution in [0.2, 0.25) is 0 Å². The van der Waals surface area contributed by atoms with Crippen LogP contribution in [0, 0.1) is 11.8 Å². The van der Waals surface area contributed by atoms with Gasteiger partial charge in [-0.1, -0.05) is 24.3 Å². The fourth-order valence-electron chi connectivity index (χ4n) is 3.62. The van der Waals surface area contributed by atoms with Crippen LogP contribution in [0.5, 0.6) is 0 Å². The maximum atomic E-state index is 12.5. The second-order valence-electron chi connectivity index (χ2n) is 5.85. The highest BCUT2D eigenvalue weighted by atomic mass is 16.6. The molecule has 0 bridgehead atoms. The van der Waals surface area contributed by atoms with Gasteiger partial charge in [-0.15, -0.1) is 0 Å². The molecule has 1 saturated heterocycles. The molecule has 1 saturated carbocycles. The zero-order valence-corrected chi connectivity index (χ0v) is 10.2. The van der Waals surface area contributed by atoms with E-state index in [4.69, 9.17) is 4.74 Å². The monoisotopic (exact) mass is 242 g/mol. The summed E-state index contributed by atoms with van der Waals surface area (Å²) in [4.78, 5) is 25.0. The zero-order valence-electron chi connectivity index (χ0n) is 10.2. The molecule has 1 aromatic rings. The third kappa shape index (κ3) is 1.18. The Morgan fingerprint density at radius 3 is 2.39 bits per heavy atom. The molecular formula is C15H14O3. The first-order valence-electron chi connectivity index (χ1n) is 6.45. The fourth-order valence-corrected chi connectivity index (χ4v) is 3.62. The average Bonchev–Trinajstić information content (AvgIpc) is 3.04. The number of carbonyl (C=O) groups excluding carboxylic acids is 2. The highest BCUT2D eigenvalue weighted by Crippen LogP contribution is 2.54. The maximum Gasteiger partial charge on any atom is 0.167 e. The van der Waals surface area contributed by atoms with Crippen molar-refractivity contribution in [3.05, 3.63) is 35.4 Å². The molecule has 0 radical (unpaired) electrons. The standard InChI is InChI=1S/C15H14O3/c1-15-7-11-10(6-12(15)18-15)13(16)8-4-2-3-5-9(8)14(11)17/h2-5,10-12H,6-7H2,1H3. The second kappa shape index (κ2) is 3.09. The van der Waals surface area contributed by atoms with Crippen LogP contribution < -0.4 is 0 Å². The lowest BCUT2D eigenvalue weighted by Gasteiger charge is -2.34. The van der Waals surface area contributed by atoms with Crippen molar-refractivity contribution >= 4 is 11.6 Å². The molecule has 2 fully saturated rings. The zero-order chi connectivity index (χ0) is 12.5. The van der Waals surface area contributed by atoms with Crippen molar-refractivity contribution in [1.29, 1.82) is 0 Å². The number of ketones is 2. The lowest BCUT2D eigenvalue weighted by atomic mass is 9.65. The van der Waals surface area contributed by atoms with Crippen LogP contribution in [-0.4, -0.2) is 23.3 Å². The summed E-state index contributed by atoms with van der Waals surface area (Å²) in [5.41, 5.74) is 1.06. The van der Waals surface area contributed by atoms with Crippen LogP contribution in [-0.2, 0) is 4.74 Å². The molecule has 18 heavy (non-hydrogen) atoms. The first kappa shape index (κ1) is 10.4. The van der Waals surface area contributed by atoms with Gasteiger partial charge >= 0.3 is 0 Å². The smallest absolute Gasteiger partial charge is 0.167 e. The highest BCUT2D eigenvalue weighted by molar-refractivity contribution is 6.16. The molecular weight excluding hydrogens is 228 g/mol. The third-order valence-corrected chi connectivity index (χ3v) is 4.75. The second-order valence-corrected chi connectivity index (χ2v) is 5.85. The number of benzene rings is 1. The predicted octanol–water partition coefficient (Wildman–Crippen LogP) is 2.25. The summed E-state index contributed by atoms with van der Waals surface area (Å²) in [5, 5.41) is 0. The molecule has 4 unspecified atom stereocenters. The number of Topliss-reactive ketones (excluding diaryl/α,β-unsaturated/α-hetero) is 2. The van der Waals surface area contributed by atoms with Crippen LogP contribution >= 0.6 is 0 Å². The van der Waals surface area contributed by atoms with Crippen molar-refractivity contribution in [2.45, 2.75) is 31.5 Å². The number of carbonyl (C=O) groups is 2. The molecule has 4 rings (SSSR count). The molecule has 1 aliphatic heterocycles. The van der Waals surface area contributed by atoms with Crippen LogP contribution in [0.15, 0.2) is 24.3 Å². The summed E-state index contributed by atoms with van der Waals surface area (Å²) < 4.78 is 5.65. The summed E-state index contributed by atoms with van der Waals surface area (Å²) in [6.07, 6.45) is 1.59. The van der Waals surface area contributed by atoms with Crippen LogP contribution in [0.1, 0.15) is 40.5 Å². The minimum Gasteiger partial charge on any atom is -0.366 e. The van der Waals surface area contributed by atoms with Crippen molar-refractivity contribution in [2.24, 2.45) is 11.8 Å². The van der Waals surface area contributed by atoms with E-state index in [0.29, 0.717) is 24.0 Å². The first-order chi connectivity index (χ1) is 8.60. The molecule has 92 valence electrons. The first-order valence-corrected chi connectivity index (χ1v) is 6.45. The molecule has 0 aromatic heterocycles. The van der Waals surface area contributed by atoms with Crippen molar-refractivity contribution in [1.82, 2.24) is 0 Å². The summed E-state index contributed by atoms with van der Waals surface area (Å²) in [6, 6.07) is 7.19. The van der Waals surface area contributed by atoms with E-state index >= 15 is 0 Å². The largest absolute Gasteiger partial charge is 0.366 e. The third-order valence-electron chi connectivity index (χ3n) is 4.75. The molecule has 4 atom stereocenters. The van der Waals surface area contributed by atoms with Gasteiger partial charge in [-0.2, -0.15) is 0 Å². The summed E-state index contributed by atoms with van der Waals surface area (Å²) in [5.74, 6) is -0.0674. The summed E-state index contributed by atoms with van der Waals surface area (Å²) >= 11 is 0. The average molecular weight is 242 g/mol. The van der Waals surface area contributed by atoms with E-state index in [1.165, 1.54) is 0 Å². The lowest BCUT2D eigenvalue weighted by Crippen LogP contribution is -2.43. The van der Waals surface area contributed by atoms with Gasteiger partial charge in [0, 0.05) is 23.0 Å². The molecule has 2 aliphatic carbocycles. The van der Waals surface area contributed by atoms with Crippen molar-refractivity contribution in [2.75, 3.05) is 0 Å². The van der Waals surface area contributed by atoms with Gasteiger partial charge in [0.1, 0.15) is 0 Å². The van der Waals surface area contributed by atoms with Crippen LogP contribution in [0.25, 0.3) is 0 Å². The van der Waals surface area contributed by atoms with Crippen molar-refractivity contribution in [3.8, 4) is 0 Å². The van der Waals surface area contributed by atoms with Gasteiger partial charge in [-0.25, -0.2) is 0 Å². The Morgan fingerprint density at radius 2 is 1.72 bits per heavy atom. The van der Waals surface area contributed by atoms with Gasteiger partial charge in [0.2, 0.25) is 0 Å². The molecule has 0 amide bonds. The number of rotatable bonds is 0. The van der Waals surface area contributed by atoms with Gasteiger partial charge in [0.15, 0.2) is 11.6 Å². The molecule has 1 aromatic carbocycles. The van der Waals surface area contributed by atoms with E-state index in [9.17, 15) is 9.59 Å². The summed E-state index contributed by atoms with van der Waals surface area (Å²) in [7, 11) is 0. The molecule has 3 nitrogen and oxygen atoms in total. The van der Waals surface area contributed by atoms with Gasteiger partial charge in [-0.05, 0) is 19.8 Å². The lowest BCUT2D eigenvalue weighted by molar-refractivity contribution is 0.0675. The van der Waals surface area contributed by atoms with E-state index in [-0.39, 0.29) is 35.1 Å². The number of hydrogen-bond donors (Lipinski definition) is 0. The van der Waals surface area contributed by atoms with E-state index in [1.54, 1.807) is 12.1 Å². The Balaban J connectivity index is 1.82. The van der Waals surface area contributed by atoms with Crippen molar-refractivity contribution < 1.29 is 14.3 Å². The topological polar surface area (TPSA) is 46.7 Å². The Kier molecular flexibility index (Phi) is 1.80. The van der Waals surface area contributed by atoms with Gasteiger partial charge < -0.3 is 4.74 Å². The Hall–Kier alpha value is -1.48. The normalized spacial score (nSPS) is 40.8. The Labute approximate surface area is 105 Å². The van der Waals surface area contributed by atoms with Gasteiger partial charge in [0.25, 0.3) is 0 Å². The predicted molar refractivity (Wildman–Crippen MR) is 64.6 cm³/mol. The van der Waals surface area contributed by atoms with E-state index in [1.807, 2.05) is 19.1 Å². The molecule has 1 heterocycles. The van der Waals surface area contributed by atoms with Crippen LogP contribution in [0.3, 0.4) is 0 Å². The van der Waals surface area contributed by atoms with E-state index in [2.05, 4.69) is 0 Å². The number of ether oxygens (including phenoxy) is 1. The Morgan fingerprint density at radius 1 is 1.11 bits per heavy atom. The highest BCUT2D eigenvalue weighted by Gasteiger charge is 2.62. The van der Waals surface area contributed by atoms with Gasteiger partial charge in [-0.3, -0.25) is 9.59 Å². The fraction of sp³-hybridized carbons (Fsp3) is 0.467.